The number of hydrogen-bond donors (Lipinski definition) is 1. The Balaban J connectivity index is 2.21. The first-order valence-corrected chi connectivity index (χ1v) is 7.77. The summed E-state index contributed by atoms with van der Waals surface area (Å²) in [6.45, 7) is 8.47. The van der Waals surface area contributed by atoms with E-state index in [-0.39, 0.29) is 11.5 Å². The molecule has 1 fully saturated rings. The highest BCUT2D eigenvalue weighted by molar-refractivity contribution is 5.27. The molecule has 4 heteroatoms. The number of aromatic nitrogens is 2. The van der Waals surface area contributed by atoms with Gasteiger partial charge in [-0.15, -0.1) is 0 Å². The van der Waals surface area contributed by atoms with Crippen molar-refractivity contribution in [3.8, 4) is 0 Å². The van der Waals surface area contributed by atoms with Crippen LogP contribution in [0.1, 0.15) is 57.3 Å². The molecule has 0 radical (unpaired) electrons. The molecule has 0 bridgehead atoms. The Morgan fingerprint density at radius 3 is 2.55 bits per heavy atom. The highest BCUT2D eigenvalue weighted by Crippen LogP contribution is 2.33. The molecule has 0 aliphatic heterocycles. The molecule has 1 atom stereocenters. The molecule has 0 saturated heterocycles. The Bertz CT molecular complexity index is 440. The lowest BCUT2D eigenvalue weighted by Crippen LogP contribution is -2.37. The standard InChI is InChI=1S/C16H30N4/c1-16(2,3)15-13(11-20(5)18-15)14(9-17)19(4)10-12-7-6-8-12/h11-12,14H,6-10,17H2,1-5H3. The van der Waals surface area contributed by atoms with Crippen LogP contribution in [-0.2, 0) is 12.5 Å². The molecule has 1 aromatic heterocycles. The Kier molecular flexibility index (Phi) is 4.55. The Labute approximate surface area is 123 Å². The van der Waals surface area contributed by atoms with E-state index in [2.05, 4.69) is 44.0 Å². The van der Waals surface area contributed by atoms with Gasteiger partial charge in [-0.1, -0.05) is 27.2 Å². The molecule has 1 aliphatic rings. The molecule has 0 spiro atoms. The number of hydrogen-bond acceptors (Lipinski definition) is 3. The monoisotopic (exact) mass is 278 g/mol. The van der Waals surface area contributed by atoms with Gasteiger partial charge in [0.2, 0.25) is 0 Å². The largest absolute Gasteiger partial charge is 0.329 e. The number of nitrogens with zero attached hydrogens (tertiary/aromatic N) is 3. The summed E-state index contributed by atoms with van der Waals surface area (Å²) in [5, 5.41) is 4.68. The van der Waals surface area contributed by atoms with Crippen LogP contribution in [0.4, 0.5) is 0 Å². The molecular weight excluding hydrogens is 248 g/mol. The fourth-order valence-corrected chi connectivity index (χ4v) is 3.09. The quantitative estimate of drug-likeness (QED) is 0.900. The minimum absolute atomic E-state index is 0.0569. The van der Waals surface area contributed by atoms with E-state index in [0.29, 0.717) is 6.54 Å². The third-order valence-corrected chi connectivity index (χ3v) is 4.45. The SMILES string of the molecule is CN(CC1CCC1)C(CN)c1cn(C)nc1C(C)(C)C. The van der Waals surface area contributed by atoms with E-state index < -0.39 is 0 Å². The van der Waals surface area contributed by atoms with Crippen LogP contribution in [-0.4, -0.2) is 34.8 Å². The summed E-state index contributed by atoms with van der Waals surface area (Å²) in [4.78, 5) is 2.43. The zero-order valence-electron chi connectivity index (χ0n) is 13.7. The van der Waals surface area contributed by atoms with Crippen molar-refractivity contribution >= 4 is 0 Å². The summed E-state index contributed by atoms with van der Waals surface area (Å²) in [7, 11) is 4.20. The first-order valence-electron chi connectivity index (χ1n) is 7.77. The van der Waals surface area contributed by atoms with E-state index in [4.69, 9.17) is 5.73 Å². The first kappa shape index (κ1) is 15.5. The molecule has 1 aromatic rings. The van der Waals surface area contributed by atoms with Gasteiger partial charge in [-0.3, -0.25) is 9.58 Å². The second-order valence-electron chi connectivity index (χ2n) is 7.34. The van der Waals surface area contributed by atoms with Gasteiger partial charge in [0.15, 0.2) is 0 Å². The molecule has 1 saturated carbocycles. The molecule has 114 valence electrons. The molecule has 0 aromatic carbocycles. The molecular formula is C16H30N4. The fraction of sp³-hybridized carbons (Fsp3) is 0.812. The minimum Gasteiger partial charge on any atom is -0.329 e. The van der Waals surface area contributed by atoms with Crippen LogP contribution in [0.5, 0.6) is 0 Å². The molecule has 1 heterocycles. The van der Waals surface area contributed by atoms with Crippen molar-refractivity contribution in [1.29, 1.82) is 0 Å². The van der Waals surface area contributed by atoms with Gasteiger partial charge < -0.3 is 5.73 Å². The lowest BCUT2D eigenvalue weighted by atomic mass is 9.84. The van der Waals surface area contributed by atoms with Crippen molar-refractivity contribution in [2.24, 2.45) is 18.7 Å². The summed E-state index contributed by atoms with van der Waals surface area (Å²) in [5.74, 6) is 0.865. The van der Waals surface area contributed by atoms with Crippen molar-refractivity contribution in [1.82, 2.24) is 14.7 Å². The van der Waals surface area contributed by atoms with Crippen LogP contribution in [0.3, 0.4) is 0 Å². The van der Waals surface area contributed by atoms with Gasteiger partial charge in [0.05, 0.1) is 11.7 Å². The number of aryl methyl sites for hydroxylation is 1. The fourth-order valence-electron chi connectivity index (χ4n) is 3.09. The molecule has 1 aliphatic carbocycles. The maximum Gasteiger partial charge on any atom is 0.0726 e. The van der Waals surface area contributed by atoms with Gasteiger partial charge in [-0.25, -0.2) is 0 Å². The molecule has 4 nitrogen and oxygen atoms in total. The predicted molar refractivity (Wildman–Crippen MR) is 83.7 cm³/mol. The Morgan fingerprint density at radius 2 is 2.10 bits per heavy atom. The maximum absolute atomic E-state index is 6.08. The van der Waals surface area contributed by atoms with Crippen molar-refractivity contribution in [2.75, 3.05) is 20.1 Å². The predicted octanol–water partition coefficient (Wildman–Crippen LogP) is 2.45. The number of likely N-dealkylation sites (N-methyl/N-ethyl adjacent to an activating group) is 1. The normalized spacial score (nSPS) is 18.4. The van der Waals surface area contributed by atoms with E-state index in [1.165, 1.54) is 30.5 Å². The summed E-state index contributed by atoms with van der Waals surface area (Å²) in [5.41, 5.74) is 8.61. The average molecular weight is 278 g/mol. The van der Waals surface area contributed by atoms with Crippen molar-refractivity contribution in [2.45, 2.75) is 51.5 Å². The number of rotatable bonds is 5. The molecule has 1 unspecified atom stereocenters. The van der Waals surface area contributed by atoms with Crippen LogP contribution in [0.15, 0.2) is 6.20 Å². The zero-order chi connectivity index (χ0) is 14.9. The average Bonchev–Trinajstić information content (AvgIpc) is 2.66. The lowest BCUT2D eigenvalue weighted by Gasteiger charge is -2.35. The van der Waals surface area contributed by atoms with E-state index in [1.54, 1.807) is 0 Å². The molecule has 20 heavy (non-hydrogen) atoms. The third kappa shape index (κ3) is 3.23. The third-order valence-electron chi connectivity index (χ3n) is 4.45. The Morgan fingerprint density at radius 1 is 1.45 bits per heavy atom. The van der Waals surface area contributed by atoms with Gasteiger partial charge in [0.25, 0.3) is 0 Å². The molecule has 0 amide bonds. The van der Waals surface area contributed by atoms with E-state index >= 15 is 0 Å². The summed E-state index contributed by atoms with van der Waals surface area (Å²) in [6.07, 6.45) is 6.29. The second-order valence-corrected chi connectivity index (χ2v) is 7.34. The van der Waals surface area contributed by atoms with Crippen LogP contribution < -0.4 is 5.73 Å². The topological polar surface area (TPSA) is 47.1 Å². The van der Waals surface area contributed by atoms with Crippen LogP contribution in [0.25, 0.3) is 0 Å². The smallest absolute Gasteiger partial charge is 0.0726 e. The first-order chi connectivity index (χ1) is 9.32. The molecule has 2 rings (SSSR count). The molecule has 2 N–H and O–H groups in total. The summed E-state index contributed by atoms with van der Waals surface area (Å²) >= 11 is 0. The lowest BCUT2D eigenvalue weighted by molar-refractivity contribution is 0.164. The zero-order valence-corrected chi connectivity index (χ0v) is 13.7. The van der Waals surface area contributed by atoms with Crippen molar-refractivity contribution < 1.29 is 0 Å². The van der Waals surface area contributed by atoms with Crippen LogP contribution >= 0.6 is 0 Å². The van der Waals surface area contributed by atoms with Gasteiger partial charge >= 0.3 is 0 Å². The van der Waals surface area contributed by atoms with Gasteiger partial charge in [-0.2, -0.15) is 5.10 Å². The number of nitrogens with two attached hydrogens (primary N) is 1. The maximum atomic E-state index is 6.08. The second kappa shape index (κ2) is 5.86. The van der Waals surface area contributed by atoms with Gasteiger partial charge in [0.1, 0.15) is 0 Å². The van der Waals surface area contributed by atoms with Gasteiger partial charge in [-0.05, 0) is 25.8 Å². The van der Waals surface area contributed by atoms with E-state index in [0.717, 1.165) is 12.5 Å². The van der Waals surface area contributed by atoms with Crippen LogP contribution in [0, 0.1) is 5.92 Å². The minimum atomic E-state index is 0.0569. The Hall–Kier alpha value is -0.870. The summed E-state index contributed by atoms with van der Waals surface area (Å²) < 4.78 is 1.93. The summed E-state index contributed by atoms with van der Waals surface area (Å²) in [6, 6.07) is 0.276. The van der Waals surface area contributed by atoms with E-state index in [1.807, 2.05) is 11.7 Å². The van der Waals surface area contributed by atoms with Gasteiger partial charge in [0, 0.05) is 37.3 Å². The highest BCUT2D eigenvalue weighted by Gasteiger charge is 2.29. The van der Waals surface area contributed by atoms with Crippen molar-refractivity contribution in [3.63, 3.8) is 0 Å². The van der Waals surface area contributed by atoms with E-state index in [9.17, 15) is 0 Å². The van der Waals surface area contributed by atoms with Crippen LogP contribution in [0.2, 0.25) is 0 Å². The van der Waals surface area contributed by atoms with Crippen molar-refractivity contribution in [3.05, 3.63) is 17.5 Å². The highest BCUT2D eigenvalue weighted by atomic mass is 15.3.